The lowest BCUT2D eigenvalue weighted by Crippen LogP contribution is -2.43. The Morgan fingerprint density at radius 1 is 0.958 bits per heavy atom. The molecule has 3 aromatic rings. The molecule has 1 aliphatic rings. The van der Waals surface area contributed by atoms with Gasteiger partial charge in [-0.1, -0.05) is 6.07 Å². The predicted molar refractivity (Wildman–Crippen MR) is 96.7 cm³/mol. The number of hydrogen-bond donors (Lipinski definition) is 0. The highest BCUT2D eigenvalue weighted by Gasteiger charge is 2.14. The highest BCUT2D eigenvalue weighted by atomic mass is 15.2. The van der Waals surface area contributed by atoms with Crippen molar-refractivity contribution in [1.29, 1.82) is 0 Å². The van der Waals surface area contributed by atoms with Gasteiger partial charge >= 0.3 is 0 Å². The first-order valence-electron chi connectivity index (χ1n) is 8.47. The van der Waals surface area contributed by atoms with Crippen molar-refractivity contribution in [3.8, 4) is 11.3 Å². The lowest BCUT2D eigenvalue weighted by molar-refractivity contribution is 0.148. The van der Waals surface area contributed by atoms with Crippen molar-refractivity contribution in [2.24, 2.45) is 7.05 Å². The minimum Gasteiger partial charge on any atom is -0.336 e. The topological polar surface area (TPSA) is 37.2 Å². The summed E-state index contributed by atoms with van der Waals surface area (Å²) in [4.78, 5) is 14.0. The van der Waals surface area contributed by atoms with E-state index in [-0.39, 0.29) is 0 Å². The summed E-state index contributed by atoms with van der Waals surface area (Å²) < 4.78 is 2.04. The van der Waals surface area contributed by atoms with Crippen LogP contribution in [-0.4, -0.2) is 57.6 Å². The van der Waals surface area contributed by atoms with E-state index < -0.39 is 0 Å². The molecule has 0 N–H and O–H groups in total. The highest BCUT2D eigenvalue weighted by molar-refractivity contribution is 5.92. The van der Waals surface area contributed by atoms with Crippen LogP contribution in [0.2, 0.25) is 0 Å². The maximum absolute atomic E-state index is 4.71. The first kappa shape index (κ1) is 15.3. The first-order chi connectivity index (χ1) is 11.7. The molecule has 124 valence electrons. The van der Waals surface area contributed by atoms with E-state index in [9.17, 15) is 0 Å². The van der Waals surface area contributed by atoms with Crippen LogP contribution in [-0.2, 0) is 13.6 Å². The summed E-state index contributed by atoms with van der Waals surface area (Å²) in [5.74, 6) is 0. The van der Waals surface area contributed by atoms with Crippen LogP contribution in [0.25, 0.3) is 22.3 Å². The molecule has 3 aromatic heterocycles. The van der Waals surface area contributed by atoms with E-state index >= 15 is 0 Å². The van der Waals surface area contributed by atoms with Crippen molar-refractivity contribution in [3.05, 3.63) is 48.4 Å². The van der Waals surface area contributed by atoms with Crippen LogP contribution >= 0.6 is 0 Å². The van der Waals surface area contributed by atoms with Crippen LogP contribution in [0.15, 0.2) is 42.9 Å². The minimum atomic E-state index is 0.984. The second kappa shape index (κ2) is 6.34. The lowest BCUT2D eigenvalue weighted by atomic mass is 10.1. The van der Waals surface area contributed by atoms with Gasteiger partial charge < -0.3 is 9.47 Å². The molecule has 0 atom stereocenters. The van der Waals surface area contributed by atoms with E-state index in [0.29, 0.717) is 0 Å². The van der Waals surface area contributed by atoms with Gasteiger partial charge in [0.15, 0.2) is 0 Å². The first-order valence-corrected chi connectivity index (χ1v) is 8.47. The van der Waals surface area contributed by atoms with Crippen molar-refractivity contribution in [3.63, 3.8) is 0 Å². The van der Waals surface area contributed by atoms with E-state index in [0.717, 1.165) is 55.0 Å². The van der Waals surface area contributed by atoms with Gasteiger partial charge in [-0.05, 0) is 30.8 Å². The van der Waals surface area contributed by atoms with E-state index in [1.165, 1.54) is 5.56 Å². The average molecular weight is 321 g/mol. The van der Waals surface area contributed by atoms with Crippen LogP contribution in [0, 0.1) is 0 Å². The number of fused-ring (bicyclic) bond motifs is 1. The molecule has 5 nitrogen and oxygen atoms in total. The zero-order valence-electron chi connectivity index (χ0n) is 14.3. The van der Waals surface area contributed by atoms with Gasteiger partial charge in [0.1, 0.15) is 5.65 Å². The molecule has 0 radical (unpaired) electrons. The summed E-state index contributed by atoms with van der Waals surface area (Å²) >= 11 is 0. The standard InChI is InChI=1S/C19H23N5/c1-22-9-11-24(12-10-22)14-15-3-4-18(21-13-15)16-5-7-20-19-17(16)6-8-23(19)2/h3-8,13H,9-12,14H2,1-2H3. The SMILES string of the molecule is CN1CCN(Cc2ccc(-c3ccnc4c3ccn4C)nc2)CC1. The smallest absolute Gasteiger partial charge is 0.140 e. The van der Waals surface area contributed by atoms with Gasteiger partial charge in [-0.2, -0.15) is 0 Å². The zero-order chi connectivity index (χ0) is 16.5. The number of rotatable bonds is 3. The maximum atomic E-state index is 4.71. The number of aryl methyl sites for hydroxylation is 1. The summed E-state index contributed by atoms with van der Waals surface area (Å²) in [6, 6.07) is 8.49. The van der Waals surface area contributed by atoms with Gasteiger partial charge in [0.25, 0.3) is 0 Å². The number of likely N-dealkylation sites (N-methyl/N-ethyl adjacent to an activating group) is 1. The second-order valence-corrected chi connectivity index (χ2v) is 6.65. The van der Waals surface area contributed by atoms with Crippen LogP contribution in [0.3, 0.4) is 0 Å². The number of pyridine rings is 2. The van der Waals surface area contributed by atoms with Crippen molar-refractivity contribution in [2.75, 3.05) is 33.2 Å². The molecule has 24 heavy (non-hydrogen) atoms. The molecule has 0 aromatic carbocycles. The summed E-state index contributed by atoms with van der Waals surface area (Å²) in [5, 5.41) is 1.15. The fraction of sp³-hybridized carbons (Fsp3) is 0.368. The third-order valence-corrected chi connectivity index (χ3v) is 4.87. The van der Waals surface area contributed by atoms with Gasteiger partial charge in [0.05, 0.1) is 5.69 Å². The minimum absolute atomic E-state index is 0.984. The average Bonchev–Trinajstić information content (AvgIpc) is 2.99. The van der Waals surface area contributed by atoms with E-state index in [2.05, 4.69) is 40.0 Å². The zero-order valence-corrected chi connectivity index (χ0v) is 14.3. The fourth-order valence-electron chi connectivity index (χ4n) is 3.33. The molecule has 0 unspecified atom stereocenters. The molecule has 0 saturated carbocycles. The number of hydrogen-bond acceptors (Lipinski definition) is 4. The molecule has 1 aliphatic heterocycles. The largest absolute Gasteiger partial charge is 0.336 e. The van der Waals surface area contributed by atoms with Crippen molar-refractivity contribution in [1.82, 2.24) is 24.3 Å². The molecule has 0 amide bonds. The summed E-state index contributed by atoms with van der Waals surface area (Å²) in [6.45, 7) is 5.54. The van der Waals surface area contributed by atoms with Gasteiger partial charge in [0, 0.05) is 69.3 Å². The Kier molecular flexibility index (Phi) is 4.04. The predicted octanol–water partition coefficient (Wildman–Crippen LogP) is 2.38. The van der Waals surface area contributed by atoms with E-state index in [1.807, 2.05) is 36.3 Å². The summed E-state index contributed by atoms with van der Waals surface area (Å²) in [5.41, 5.74) is 4.43. The molecule has 0 spiro atoms. The van der Waals surface area contributed by atoms with Crippen molar-refractivity contribution in [2.45, 2.75) is 6.54 Å². The van der Waals surface area contributed by atoms with Crippen LogP contribution < -0.4 is 0 Å². The van der Waals surface area contributed by atoms with Gasteiger partial charge in [0.2, 0.25) is 0 Å². The molecule has 1 saturated heterocycles. The Labute approximate surface area is 142 Å². The normalized spacial score (nSPS) is 16.8. The van der Waals surface area contributed by atoms with Gasteiger partial charge in [-0.25, -0.2) is 4.98 Å². The Morgan fingerprint density at radius 3 is 2.54 bits per heavy atom. The maximum Gasteiger partial charge on any atom is 0.140 e. The lowest BCUT2D eigenvalue weighted by Gasteiger charge is -2.32. The Hall–Kier alpha value is -2.24. The highest BCUT2D eigenvalue weighted by Crippen LogP contribution is 2.26. The summed E-state index contributed by atoms with van der Waals surface area (Å²) in [7, 11) is 4.21. The van der Waals surface area contributed by atoms with Gasteiger partial charge in [-0.15, -0.1) is 0 Å². The molecule has 0 bridgehead atoms. The van der Waals surface area contributed by atoms with Crippen molar-refractivity contribution >= 4 is 11.0 Å². The third kappa shape index (κ3) is 2.92. The fourth-order valence-corrected chi connectivity index (χ4v) is 3.33. The number of nitrogens with zero attached hydrogens (tertiary/aromatic N) is 5. The van der Waals surface area contributed by atoms with Crippen LogP contribution in [0.4, 0.5) is 0 Å². The molecule has 4 heterocycles. The van der Waals surface area contributed by atoms with Crippen molar-refractivity contribution < 1.29 is 0 Å². The molecule has 5 heteroatoms. The third-order valence-electron chi connectivity index (χ3n) is 4.87. The Balaban J connectivity index is 1.55. The molecule has 1 fully saturated rings. The summed E-state index contributed by atoms with van der Waals surface area (Å²) in [6.07, 6.45) is 5.92. The monoisotopic (exact) mass is 321 g/mol. The number of piperazine rings is 1. The molecule has 4 rings (SSSR count). The van der Waals surface area contributed by atoms with E-state index in [1.54, 1.807) is 0 Å². The number of aromatic nitrogens is 3. The quantitative estimate of drug-likeness (QED) is 0.742. The van der Waals surface area contributed by atoms with Crippen LogP contribution in [0.1, 0.15) is 5.56 Å². The molecule has 0 aliphatic carbocycles. The Bertz CT molecular complexity index is 829. The van der Waals surface area contributed by atoms with Crippen LogP contribution in [0.5, 0.6) is 0 Å². The second-order valence-electron chi connectivity index (χ2n) is 6.65. The Morgan fingerprint density at radius 2 is 1.79 bits per heavy atom. The molecular weight excluding hydrogens is 298 g/mol. The van der Waals surface area contributed by atoms with Gasteiger partial charge in [-0.3, -0.25) is 9.88 Å². The van der Waals surface area contributed by atoms with E-state index in [4.69, 9.17) is 4.98 Å². The molecular formula is C19H23N5.